The Kier molecular flexibility index (Phi) is 4.87. The molecule has 0 radical (unpaired) electrons. The molecule has 21 heavy (non-hydrogen) atoms. The number of ether oxygens (including phenoxy) is 1. The zero-order valence-corrected chi connectivity index (χ0v) is 11.5. The quantitative estimate of drug-likeness (QED) is 0.915. The molecule has 1 amide bonds. The number of halogens is 2. The van der Waals surface area contributed by atoms with Gasteiger partial charge in [0.05, 0.1) is 13.0 Å². The van der Waals surface area contributed by atoms with Crippen LogP contribution in [0.25, 0.3) is 0 Å². The number of hydrogen-bond acceptors (Lipinski definition) is 2. The van der Waals surface area contributed by atoms with Gasteiger partial charge >= 0.3 is 0 Å². The van der Waals surface area contributed by atoms with Gasteiger partial charge in [0.15, 0.2) is 11.6 Å². The van der Waals surface area contributed by atoms with Crippen LogP contribution in [0.4, 0.5) is 14.5 Å². The van der Waals surface area contributed by atoms with E-state index in [0.717, 1.165) is 23.4 Å². The van der Waals surface area contributed by atoms with Crippen LogP contribution in [0, 0.1) is 11.6 Å². The van der Waals surface area contributed by atoms with Gasteiger partial charge in [-0.2, -0.15) is 0 Å². The van der Waals surface area contributed by atoms with Gasteiger partial charge in [0.25, 0.3) is 0 Å². The lowest BCUT2D eigenvalue weighted by Crippen LogP contribution is -2.14. The van der Waals surface area contributed by atoms with Crippen molar-refractivity contribution in [2.75, 3.05) is 11.9 Å². The molecule has 2 aromatic rings. The summed E-state index contributed by atoms with van der Waals surface area (Å²) in [6, 6.07) is 10.4. The SMILES string of the molecule is CCOc1ccc(CC(=O)Nc2ccc(F)c(F)c2)cc1. The first-order valence-corrected chi connectivity index (χ1v) is 6.55. The maximum Gasteiger partial charge on any atom is 0.228 e. The Labute approximate surface area is 121 Å². The van der Waals surface area contributed by atoms with Gasteiger partial charge in [-0.05, 0) is 36.8 Å². The largest absolute Gasteiger partial charge is 0.494 e. The number of anilines is 1. The zero-order chi connectivity index (χ0) is 15.2. The molecule has 0 unspecified atom stereocenters. The second-order valence-corrected chi connectivity index (χ2v) is 4.43. The van der Waals surface area contributed by atoms with Crippen LogP contribution in [-0.2, 0) is 11.2 Å². The number of carbonyl (C=O) groups excluding carboxylic acids is 1. The minimum absolute atomic E-state index is 0.144. The molecule has 1 N–H and O–H groups in total. The van der Waals surface area contributed by atoms with Gasteiger partial charge in [-0.15, -0.1) is 0 Å². The molecule has 0 bridgehead atoms. The van der Waals surface area contributed by atoms with E-state index in [-0.39, 0.29) is 18.0 Å². The molecule has 2 aromatic carbocycles. The maximum absolute atomic E-state index is 13.0. The van der Waals surface area contributed by atoms with Crippen LogP contribution in [0.1, 0.15) is 12.5 Å². The smallest absolute Gasteiger partial charge is 0.228 e. The summed E-state index contributed by atoms with van der Waals surface area (Å²) >= 11 is 0. The molecule has 0 fully saturated rings. The molecule has 0 heterocycles. The first kappa shape index (κ1) is 15.0. The van der Waals surface area contributed by atoms with Crippen LogP contribution in [0.5, 0.6) is 5.75 Å². The van der Waals surface area contributed by atoms with Crippen molar-refractivity contribution < 1.29 is 18.3 Å². The van der Waals surface area contributed by atoms with E-state index >= 15 is 0 Å². The lowest BCUT2D eigenvalue weighted by Gasteiger charge is -2.07. The highest BCUT2D eigenvalue weighted by Gasteiger charge is 2.07. The molecule has 0 saturated carbocycles. The average Bonchev–Trinajstić information content (AvgIpc) is 2.45. The molecule has 2 rings (SSSR count). The summed E-state index contributed by atoms with van der Waals surface area (Å²) in [6.45, 7) is 2.47. The Bertz CT molecular complexity index is 627. The van der Waals surface area contributed by atoms with E-state index in [1.807, 2.05) is 6.92 Å². The van der Waals surface area contributed by atoms with Crippen LogP contribution < -0.4 is 10.1 Å². The predicted octanol–water partition coefficient (Wildman–Crippen LogP) is 3.54. The van der Waals surface area contributed by atoms with Crippen LogP contribution >= 0.6 is 0 Å². The fourth-order valence-electron chi connectivity index (χ4n) is 1.83. The van der Waals surface area contributed by atoms with Gasteiger partial charge in [-0.3, -0.25) is 4.79 Å². The van der Waals surface area contributed by atoms with Crippen LogP contribution in [0.15, 0.2) is 42.5 Å². The van der Waals surface area contributed by atoms with Gasteiger partial charge < -0.3 is 10.1 Å². The topological polar surface area (TPSA) is 38.3 Å². The summed E-state index contributed by atoms with van der Waals surface area (Å²) in [5.74, 6) is -1.50. The van der Waals surface area contributed by atoms with Gasteiger partial charge in [0, 0.05) is 11.8 Å². The van der Waals surface area contributed by atoms with Gasteiger partial charge in [0.1, 0.15) is 5.75 Å². The molecular weight excluding hydrogens is 276 g/mol. The van der Waals surface area contributed by atoms with Gasteiger partial charge in [-0.25, -0.2) is 8.78 Å². The highest BCUT2D eigenvalue weighted by molar-refractivity contribution is 5.92. The average molecular weight is 291 g/mol. The molecule has 0 saturated heterocycles. The van der Waals surface area contributed by atoms with Crippen LogP contribution in [0.3, 0.4) is 0 Å². The molecule has 0 spiro atoms. The molecule has 5 heteroatoms. The maximum atomic E-state index is 13.0. The Morgan fingerprint density at radius 2 is 1.81 bits per heavy atom. The summed E-state index contributed by atoms with van der Waals surface area (Å²) in [7, 11) is 0. The Morgan fingerprint density at radius 3 is 2.43 bits per heavy atom. The first-order chi connectivity index (χ1) is 10.1. The first-order valence-electron chi connectivity index (χ1n) is 6.55. The normalized spacial score (nSPS) is 10.2. The third kappa shape index (κ3) is 4.27. The van der Waals surface area contributed by atoms with Crippen molar-refractivity contribution >= 4 is 11.6 Å². The second kappa shape index (κ2) is 6.83. The van der Waals surface area contributed by atoms with E-state index in [2.05, 4.69) is 5.32 Å². The molecule has 0 atom stereocenters. The summed E-state index contributed by atoms with van der Waals surface area (Å²) in [6.07, 6.45) is 0.144. The van der Waals surface area contributed by atoms with Crippen LogP contribution in [0.2, 0.25) is 0 Å². The van der Waals surface area contributed by atoms with Crippen molar-refractivity contribution in [3.8, 4) is 5.75 Å². The molecule has 0 aromatic heterocycles. The summed E-state index contributed by atoms with van der Waals surface area (Å²) in [5, 5.41) is 2.52. The fourth-order valence-corrected chi connectivity index (χ4v) is 1.83. The third-order valence-electron chi connectivity index (χ3n) is 2.80. The fraction of sp³-hybridized carbons (Fsp3) is 0.188. The molecule has 3 nitrogen and oxygen atoms in total. The number of nitrogens with one attached hydrogen (secondary N) is 1. The number of amides is 1. The van der Waals surface area contributed by atoms with E-state index in [1.54, 1.807) is 24.3 Å². The van der Waals surface area contributed by atoms with Crippen molar-refractivity contribution in [2.45, 2.75) is 13.3 Å². The Balaban J connectivity index is 1.96. The lowest BCUT2D eigenvalue weighted by molar-refractivity contribution is -0.115. The Morgan fingerprint density at radius 1 is 1.10 bits per heavy atom. The van der Waals surface area contributed by atoms with Crippen LogP contribution in [-0.4, -0.2) is 12.5 Å². The standard InChI is InChI=1S/C16H15F2NO2/c1-2-21-13-6-3-11(4-7-13)9-16(20)19-12-5-8-14(17)15(18)10-12/h3-8,10H,2,9H2,1H3,(H,19,20). The number of hydrogen-bond donors (Lipinski definition) is 1. The van der Waals surface area contributed by atoms with E-state index < -0.39 is 11.6 Å². The van der Waals surface area contributed by atoms with Crippen molar-refractivity contribution in [1.82, 2.24) is 0 Å². The third-order valence-corrected chi connectivity index (χ3v) is 2.80. The highest BCUT2D eigenvalue weighted by atomic mass is 19.2. The molecule has 0 aliphatic carbocycles. The molecular formula is C16H15F2NO2. The van der Waals surface area contributed by atoms with Crippen molar-refractivity contribution in [1.29, 1.82) is 0 Å². The summed E-state index contributed by atoms with van der Waals surface area (Å²) in [4.78, 5) is 11.8. The van der Waals surface area contributed by atoms with E-state index in [0.29, 0.717) is 6.61 Å². The van der Waals surface area contributed by atoms with Crippen molar-refractivity contribution in [3.63, 3.8) is 0 Å². The highest BCUT2D eigenvalue weighted by Crippen LogP contribution is 2.15. The van der Waals surface area contributed by atoms with E-state index in [4.69, 9.17) is 4.74 Å². The Hall–Kier alpha value is -2.43. The number of rotatable bonds is 5. The second-order valence-electron chi connectivity index (χ2n) is 4.43. The van der Waals surface area contributed by atoms with Crippen molar-refractivity contribution in [2.24, 2.45) is 0 Å². The zero-order valence-electron chi connectivity index (χ0n) is 11.5. The number of benzene rings is 2. The predicted molar refractivity (Wildman–Crippen MR) is 76.3 cm³/mol. The summed E-state index contributed by atoms with van der Waals surface area (Å²) < 4.78 is 31.1. The minimum atomic E-state index is -0.992. The number of carbonyl (C=O) groups is 1. The lowest BCUT2D eigenvalue weighted by atomic mass is 10.1. The summed E-state index contributed by atoms with van der Waals surface area (Å²) in [5.41, 5.74) is 1.03. The molecule has 0 aliphatic heterocycles. The van der Waals surface area contributed by atoms with E-state index in [9.17, 15) is 13.6 Å². The minimum Gasteiger partial charge on any atom is -0.494 e. The molecule has 110 valence electrons. The van der Waals surface area contributed by atoms with Gasteiger partial charge in [-0.1, -0.05) is 12.1 Å². The molecule has 0 aliphatic rings. The monoisotopic (exact) mass is 291 g/mol. The van der Waals surface area contributed by atoms with Gasteiger partial charge in [0.2, 0.25) is 5.91 Å². The van der Waals surface area contributed by atoms with Crippen molar-refractivity contribution in [3.05, 3.63) is 59.7 Å². The van der Waals surface area contributed by atoms with E-state index in [1.165, 1.54) is 6.07 Å².